The van der Waals surface area contributed by atoms with Crippen molar-refractivity contribution in [2.75, 3.05) is 31.6 Å². The van der Waals surface area contributed by atoms with Crippen molar-refractivity contribution in [3.05, 3.63) is 103 Å². The van der Waals surface area contributed by atoms with Gasteiger partial charge >= 0.3 is 11.9 Å². The average molecular weight is 625 g/mol. The number of sulfone groups is 1. The second-order valence-electron chi connectivity index (χ2n) is 11.1. The molecule has 1 saturated heterocycles. The fraction of sp³-hybridized carbons (Fsp3) is 0.448. The van der Waals surface area contributed by atoms with Crippen molar-refractivity contribution in [3.8, 4) is 0 Å². The van der Waals surface area contributed by atoms with E-state index < -0.39 is 62.4 Å². The quantitative estimate of drug-likeness (QED) is 0.383. The van der Waals surface area contributed by atoms with E-state index in [-0.39, 0.29) is 43.0 Å². The molecule has 2 aromatic carbocycles. The number of ether oxygens (including phenoxy) is 1. The number of alkyl halides is 3. The van der Waals surface area contributed by atoms with Crippen LogP contribution in [0.15, 0.2) is 58.1 Å². The first-order valence-electron chi connectivity index (χ1n) is 13.8. The highest BCUT2D eigenvalue weighted by atomic mass is 32.2. The van der Waals surface area contributed by atoms with Gasteiger partial charge in [-0.05, 0) is 30.5 Å². The van der Waals surface area contributed by atoms with Gasteiger partial charge < -0.3 is 15.4 Å². The molecule has 232 valence electrons. The van der Waals surface area contributed by atoms with Crippen LogP contribution in [-0.4, -0.2) is 54.1 Å². The summed E-state index contributed by atoms with van der Waals surface area (Å²) in [7, 11) is -3.19. The summed E-state index contributed by atoms with van der Waals surface area (Å²) in [5.41, 5.74) is 2.57. The molecule has 43 heavy (non-hydrogen) atoms. The Morgan fingerprint density at radius 2 is 1.70 bits per heavy atom. The van der Waals surface area contributed by atoms with Crippen LogP contribution < -0.4 is 17.0 Å². The molecule has 1 aromatic heterocycles. The van der Waals surface area contributed by atoms with Gasteiger partial charge in [-0.3, -0.25) is 13.9 Å². The van der Waals surface area contributed by atoms with Gasteiger partial charge in [0.25, 0.3) is 5.56 Å². The van der Waals surface area contributed by atoms with Crippen LogP contribution in [-0.2, 0) is 46.0 Å². The van der Waals surface area contributed by atoms with Crippen molar-refractivity contribution in [3.63, 3.8) is 0 Å². The molecular weight excluding hydrogens is 592 g/mol. The summed E-state index contributed by atoms with van der Waals surface area (Å²) in [6, 6.07) is 10.5. The van der Waals surface area contributed by atoms with E-state index >= 15 is 0 Å². The van der Waals surface area contributed by atoms with Crippen molar-refractivity contribution in [2.45, 2.75) is 50.4 Å². The first-order valence-corrected chi connectivity index (χ1v) is 15.8. The molecule has 2 aliphatic heterocycles. The smallest absolute Gasteiger partial charge is 0.364 e. The number of hydrogen-bond acceptors (Lipinski definition) is 7. The zero-order chi connectivity index (χ0) is 31.2. The second-order valence-corrected chi connectivity index (χ2v) is 13.4. The van der Waals surface area contributed by atoms with Crippen molar-refractivity contribution in [1.29, 1.82) is 0 Å². The highest BCUT2D eigenvalue weighted by molar-refractivity contribution is 7.90. The third kappa shape index (κ3) is 6.33. The Morgan fingerprint density at radius 1 is 1.02 bits per heavy atom. The molecule has 1 fully saturated rings. The molecule has 9 nitrogen and oxygen atoms in total. The number of rotatable bonds is 8. The minimum absolute atomic E-state index is 0.0364. The molecule has 3 heterocycles. The standard InChI is InChI=1S/C29H32F4N4O5S/c1-43(40,41)15-14-35-12-10-28(11-13-35)25-24(18-42-28)36(16-20-21(29(31,32)33)8-5-9-22(20)30)27(39)37(26(25)38)17-23(34)19-6-3-2-4-7-19/h2-9,23H,10-18,34H2,1H3/t23-/m0/s1. The summed E-state index contributed by atoms with van der Waals surface area (Å²) < 4.78 is 87.9. The number of piperidine rings is 1. The van der Waals surface area contributed by atoms with E-state index in [1.54, 1.807) is 30.3 Å². The van der Waals surface area contributed by atoms with Gasteiger partial charge in [-0.25, -0.2) is 17.6 Å². The Bertz CT molecular complexity index is 1730. The molecule has 0 amide bonds. The maximum atomic E-state index is 14.9. The first-order chi connectivity index (χ1) is 20.2. The normalized spacial score (nSPS) is 17.7. The van der Waals surface area contributed by atoms with E-state index in [9.17, 15) is 35.6 Å². The Hall–Kier alpha value is -3.33. The number of likely N-dealkylation sites (tertiary alicyclic amines) is 1. The van der Waals surface area contributed by atoms with Crippen molar-refractivity contribution in [2.24, 2.45) is 5.73 Å². The molecule has 1 atom stereocenters. The molecule has 5 rings (SSSR count). The van der Waals surface area contributed by atoms with Gasteiger partial charge in [-0.1, -0.05) is 36.4 Å². The Morgan fingerprint density at radius 3 is 2.33 bits per heavy atom. The highest BCUT2D eigenvalue weighted by Crippen LogP contribution is 2.42. The molecule has 1 spiro atoms. The molecule has 0 radical (unpaired) electrons. The molecule has 0 bridgehead atoms. The Labute approximate surface area is 245 Å². The zero-order valence-electron chi connectivity index (χ0n) is 23.4. The van der Waals surface area contributed by atoms with E-state index in [1.807, 2.05) is 4.90 Å². The predicted molar refractivity (Wildman–Crippen MR) is 151 cm³/mol. The monoisotopic (exact) mass is 624 g/mol. The lowest BCUT2D eigenvalue weighted by atomic mass is 9.85. The lowest BCUT2D eigenvalue weighted by molar-refractivity contribution is -0.138. The topological polar surface area (TPSA) is 117 Å². The summed E-state index contributed by atoms with van der Waals surface area (Å²) in [5, 5.41) is 0. The maximum absolute atomic E-state index is 14.9. The van der Waals surface area contributed by atoms with Gasteiger partial charge in [0.1, 0.15) is 21.3 Å². The fourth-order valence-electron chi connectivity index (χ4n) is 5.92. The Balaban J connectivity index is 1.60. The zero-order valence-corrected chi connectivity index (χ0v) is 24.3. The number of nitrogens with two attached hydrogens (primary N) is 1. The number of aromatic nitrogens is 2. The minimum Gasteiger partial charge on any atom is -0.364 e. The SMILES string of the molecule is CS(=O)(=O)CCN1CCC2(CC1)OCc1c2c(=O)n(C[C@H](N)c2ccccc2)c(=O)n1Cc1c(F)cccc1C(F)(F)F. The fourth-order valence-corrected chi connectivity index (χ4v) is 6.51. The number of nitrogens with zero attached hydrogens (tertiary/aromatic N) is 3. The molecule has 0 aliphatic carbocycles. The van der Waals surface area contributed by atoms with Gasteiger partial charge in [0, 0.05) is 37.5 Å². The molecule has 2 N–H and O–H groups in total. The summed E-state index contributed by atoms with van der Waals surface area (Å²) in [5.74, 6) is -1.17. The lowest BCUT2D eigenvalue weighted by Gasteiger charge is -2.38. The number of hydrogen-bond donors (Lipinski definition) is 1. The molecular formula is C29H32F4N4O5S. The molecule has 0 saturated carbocycles. The van der Waals surface area contributed by atoms with Gasteiger partial charge in [0.2, 0.25) is 0 Å². The van der Waals surface area contributed by atoms with Crippen LogP contribution in [0.25, 0.3) is 0 Å². The largest absolute Gasteiger partial charge is 0.416 e. The predicted octanol–water partition coefficient (Wildman–Crippen LogP) is 2.78. The van der Waals surface area contributed by atoms with Crippen LogP contribution in [0, 0.1) is 5.82 Å². The van der Waals surface area contributed by atoms with Gasteiger partial charge in [-0.2, -0.15) is 13.2 Å². The third-order valence-electron chi connectivity index (χ3n) is 8.27. The van der Waals surface area contributed by atoms with Crippen LogP contribution in [0.1, 0.15) is 46.8 Å². The molecule has 2 aliphatic rings. The maximum Gasteiger partial charge on any atom is 0.416 e. The van der Waals surface area contributed by atoms with E-state index in [4.69, 9.17) is 10.5 Å². The summed E-state index contributed by atoms with van der Waals surface area (Å²) >= 11 is 0. The van der Waals surface area contributed by atoms with Crippen LogP contribution >= 0.6 is 0 Å². The van der Waals surface area contributed by atoms with Crippen LogP contribution in [0.5, 0.6) is 0 Å². The van der Waals surface area contributed by atoms with E-state index in [1.165, 1.54) is 0 Å². The van der Waals surface area contributed by atoms with Crippen molar-refractivity contribution < 1.29 is 30.7 Å². The summed E-state index contributed by atoms with van der Waals surface area (Å²) in [6.45, 7) is -0.195. The number of fused-ring (bicyclic) bond motifs is 2. The lowest BCUT2D eigenvalue weighted by Crippen LogP contribution is -2.50. The van der Waals surface area contributed by atoms with Crippen molar-refractivity contribution >= 4 is 9.84 Å². The Kier molecular flexibility index (Phi) is 8.42. The molecule has 0 unspecified atom stereocenters. The van der Waals surface area contributed by atoms with E-state index in [0.29, 0.717) is 25.2 Å². The summed E-state index contributed by atoms with van der Waals surface area (Å²) in [6.07, 6.45) is -3.16. The van der Waals surface area contributed by atoms with Crippen LogP contribution in [0.2, 0.25) is 0 Å². The molecule has 3 aromatic rings. The average Bonchev–Trinajstić information content (AvgIpc) is 3.31. The minimum atomic E-state index is -4.88. The summed E-state index contributed by atoms with van der Waals surface area (Å²) in [4.78, 5) is 29.8. The highest BCUT2D eigenvalue weighted by Gasteiger charge is 2.47. The number of benzene rings is 2. The van der Waals surface area contributed by atoms with Gasteiger partial charge in [0.15, 0.2) is 0 Å². The van der Waals surface area contributed by atoms with Crippen LogP contribution in [0.3, 0.4) is 0 Å². The van der Waals surface area contributed by atoms with Crippen molar-refractivity contribution in [1.82, 2.24) is 14.0 Å². The van der Waals surface area contributed by atoms with E-state index in [2.05, 4.69) is 0 Å². The second kappa shape index (κ2) is 11.6. The van der Waals surface area contributed by atoms with Crippen LogP contribution in [0.4, 0.5) is 17.6 Å². The molecule has 14 heteroatoms. The third-order valence-corrected chi connectivity index (χ3v) is 9.19. The van der Waals surface area contributed by atoms with Gasteiger partial charge in [-0.15, -0.1) is 0 Å². The first kappa shape index (κ1) is 31.1. The van der Waals surface area contributed by atoms with Gasteiger partial charge in [0.05, 0.1) is 42.3 Å². The number of halogens is 4. The van der Waals surface area contributed by atoms with E-state index in [0.717, 1.165) is 33.6 Å².